The van der Waals surface area contributed by atoms with E-state index in [0.29, 0.717) is 0 Å². The van der Waals surface area contributed by atoms with Gasteiger partial charge in [-0.2, -0.15) is 0 Å². The average Bonchev–Trinajstić information content (AvgIpc) is 2.22. The van der Waals surface area contributed by atoms with Crippen molar-refractivity contribution >= 4 is 7.98 Å². The summed E-state index contributed by atoms with van der Waals surface area (Å²) in [6.07, 6.45) is 4.17. The van der Waals surface area contributed by atoms with Gasteiger partial charge in [-0.15, -0.1) is 0 Å². The van der Waals surface area contributed by atoms with Crippen LogP contribution < -0.4 is 5.32 Å². The highest BCUT2D eigenvalue weighted by atomic mass is 15.1. The summed E-state index contributed by atoms with van der Waals surface area (Å²) in [5.74, 6) is 0. The number of fused-ring (bicyclic) bond motifs is 2. The first-order chi connectivity index (χ1) is 4.84. The van der Waals surface area contributed by atoms with Gasteiger partial charge in [0.25, 0.3) is 0 Å². The summed E-state index contributed by atoms with van der Waals surface area (Å²) < 4.78 is 0. The number of nitrogens with zero attached hydrogens (tertiary/aromatic N) is 1. The maximum Gasteiger partial charge on any atom is 0.185 e. The summed E-state index contributed by atoms with van der Waals surface area (Å²) in [5, 5.41) is 3.64. The fourth-order valence-electron chi connectivity index (χ4n) is 2.12. The Morgan fingerprint density at radius 2 is 2.00 bits per heavy atom. The molecule has 2 saturated heterocycles. The summed E-state index contributed by atoms with van der Waals surface area (Å²) in [6, 6.07) is 1.65. The molecule has 0 aromatic heterocycles. The number of rotatable bonds is 0. The molecule has 3 heteroatoms. The first-order valence-corrected chi connectivity index (χ1v) is 4.29. The van der Waals surface area contributed by atoms with E-state index in [0.717, 1.165) is 12.1 Å². The molecule has 0 aliphatic carbocycles. The molecule has 2 bridgehead atoms. The maximum atomic E-state index is 3.64. The van der Waals surface area contributed by atoms with Crippen LogP contribution >= 0.6 is 0 Å². The zero-order chi connectivity index (χ0) is 6.97. The lowest BCUT2D eigenvalue weighted by atomic mass is 10.1. The quantitative estimate of drug-likeness (QED) is 0.448. The van der Waals surface area contributed by atoms with Crippen LogP contribution in [0.3, 0.4) is 0 Å². The molecule has 56 valence electrons. The fourth-order valence-corrected chi connectivity index (χ4v) is 2.12. The highest BCUT2D eigenvalue weighted by molar-refractivity contribution is 6.04. The van der Waals surface area contributed by atoms with Crippen molar-refractivity contribution in [3.8, 4) is 0 Å². The zero-order valence-electron chi connectivity index (χ0n) is 6.64. The third-order valence-electron chi connectivity index (χ3n) is 2.73. The summed E-state index contributed by atoms with van der Waals surface area (Å²) in [4.78, 5) is 2.44. The molecule has 2 fully saturated rings. The number of hydrogen-bond donors (Lipinski definition) is 1. The minimum Gasteiger partial charge on any atom is -0.347 e. The van der Waals surface area contributed by atoms with Crippen LogP contribution in [-0.4, -0.2) is 38.0 Å². The lowest BCUT2D eigenvalue weighted by Gasteiger charge is -2.18. The van der Waals surface area contributed by atoms with Crippen LogP contribution in [0.25, 0.3) is 0 Å². The van der Waals surface area contributed by atoms with Gasteiger partial charge in [-0.3, -0.25) is 0 Å². The van der Waals surface area contributed by atoms with Crippen molar-refractivity contribution in [1.29, 1.82) is 0 Å². The van der Waals surface area contributed by atoms with Crippen LogP contribution in [0.2, 0.25) is 0 Å². The first kappa shape index (κ1) is 6.68. The summed E-state index contributed by atoms with van der Waals surface area (Å²) >= 11 is 0. The average molecular weight is 138 g/mol. The Kier molecular flexibility index (Phi) is 1.70. The van der Waals surface area contributed by atoms with E-state index < -0.39 is 0 Å². The van der Waals surface area contributed by atoms with Crippen LogP contribution in [0.5, 0.6) is 0 Å². The Balaban J connectivity index is 1.99. The van der Waals surface area contributed by atoms with E-state index in [9.17, 15) is 0 Å². The largest absolute Gasteiger partial charge is 0.347 e. The van der Waals surface area contributed by atoms with E-state index >= 15 is 0 Å². The highest BCUT2D eigenvalue weighted by Gasteiger charge is 2.27. The van der Waals surface area contributed by atoms with Gasteiger partial charge in [0.1, 0.15) is 0 Å². The van der Waals surface area contributed by atoms with Gasteiger partial charge in [0.05, 0.1) is 0 Å². The molecule has 2 atom stereocenters. The van der Waals surface area contributed by atoms with Crippen LogP contribution in [0.1, 0.15) is 19.3 Å². The predicted octanol–water partition coefficient (Wildman–Crippen LogP) is -0.639. The van der Waals surface area contributed by atoms with Crippen molar-refractivity contribution in [3.63, 3.8) is 0 Å². The maximum absolute atomic E-state index is 3.64. The van der Waals surface area contributed by atoms with Crippen molar-refractivity contribution in [1.82, 2.24) is 10.1 Å². The van der Waals surface area contributed by atoms with Gasteiger partial charge >= 0.3 is 0 Å². The molecule has 0 spiro atoms. The first-order valence-electron chi connectivity index (χ1n) is 4.29. The van der Waals surface area contributed by atoms with E-state index in [1.54, 1.807) is 0 Å². The predicted molar refractivity (Wildman–Crippen MR) is 44.7 cm³/mol. The third-order valence-corrected chi connectivity index (χ3v) is 2.73. The minimum absolute atomic E-state index is 0.803. The van der Waals surface area contributed by atoms with Crippen molar-refractivity contribution in [3.05, 3.63) is 0 Å². The monoisotopic (exact) mass is 138 g/mol. The van der Waals surface area contributed by atoms with E-state index in [1.807, 2.05) is 0 Å². The molecule has 10 heavy (non-hydrogen) atoms. The molecule has 2 heterocycles. The van der Waals surface area contributed by atoms with E-state index in [1.165, 1.54) is 32.4 Å². The SMILES string of the molecule is BN1CCC2CCC(C1)N2. The molecule has 0 amide bonds. The summed E-state index contributed by atoms with van der Waals surface area (Å²) in [6.45, 7) is 2.55. The van der Waals surface area contributed by atoms with Gasteiger partial charge in [-0.1, -0.05) is 0 Å². The second-order valence-corrected chi connectivity index (χ2v) is 3.69. The van der Waals surface area contributed by atoms with E-state index in [2.05, 4.69) is 18.1 Å². The Morgan fingerprint density at radius 3 is 2.90 bits per heavy atom. The highest BCUT2D eigenvalue weighted by Crippen LogP contribution is 2.18. The van der Waals surface area contributed by atoms with Crippen LogP contribution in [-0.2, 0) is 0 Å². The molecule has 2 rings (SSSR count). The molecule has 0 radical (unpaired) electrons. The molecule has 2 aliphatic rings. The Morgan fingerprint density at radius 1 is 1.20 bits per heavy atom. The fraction of sp³-hybridized carbons (Fsp3) is 1.00. The minimum atomic E-state index is 0.803. The zero-order valence-corrected chi connectivity index (χ0v) is 6.64. The number of hydrogen-bond acceptors (Lipinski definition) is 2. The van der Waals surface area contributed by atoms with Crippen LogP contribution in [0.15, 0.2) is 0 Å². The number of nitrogens with one attached hydrogen (secondary N) is 1. The van der Waals surface area contributed by atoms with Gasteiger partial charge in [-0.25, -0.2) is 0 Å². The second kappa shape index (κ2) is 2.55. The smallest absolute Gasteiger partial charge is 0.185 e. The molecular formula is C7H15BN2. The van der Waals surface area contributed by atoms with Gasteiger partial charge in [0, 0.05) is 18.6 Å². The molecule has 2 unspecified atom stereocenters. The molecule has 2 aliphatic heterocycles. The molecule has 2 nitrogen and oxygen atoms in total. The van der Waals surface area contributed by atoms with Gasteiger partial charge in [0.15, 0.2) is 7.98 Å². The van der Waals surface area contributed by atoms with E-state index in [4.69, 9.17) is 0 Å². The molecule has 0 saturated carbocycles. The summed E-state index contributed by atoms with van der Waals surface area (Å²) in [7, 11) is 2.22. The van der Waals surface area contributed by atoms with Crippen molar-refractivity contribution in [2.24, 2.45) is 0 Å². The standard InChI is InChI=1S/C7H15BN2/c8-10-4-3-6-1-2-7(5-10)9-6/h6-7,9H,1-5,8H2. The van der Waals surface area contributed by atoms with Crippen molar-refractivity contribution in [2.45, 2.75) is 31.3 Å². The molecule has 1 N–H and O–H groups in total. The van der Waals surface area contributed by atoms with Gasteiger partial charge < -0.3 is 10.1 Å². The Hall–Kier alpha value is -0.0151. The second-order valence-electron chi connectivity index (χ2n) is 3.69. The van der Waals surface area contributed by atoms with Crippen LogP contribution in [0, 0.1) is 0 Å². The molecule has 0 aromatic rings. The molecular weight excluding hydrogens is 123 g/mol. The topological polar surface area (TPSA) is 15.3 Å². The summed E-state index contributed by atoms with van der Waals surface area (Å²) in [5.41, 5.74) is 0. The lowest BCUT2D eigenvalue weighted by Crippen LogP contribution is -2.33. The third kappa shape index (κ3) is 1.20. The lowest BCUT2D eigenvalue weighted by molar-refractivity contribution is 0.412. The van der Waals surface area contributed by atoms with Crippen LogP contribution in [0.4, 0.5) is 0 Å². The van der Waals surface area contributed by atoms with Gasteiger partial charge in [-0.05, 0) is 25.8 Å². The van der Waals surface area contributed by atoms with Crippen molar-refractivity contribution in [2.75, 3.05) is 13.1 Å². The Bertz CT molecular complexity index is 129. The van der Waals surface area contributed by atoms with E-state index in [-0.39, 0.29) is 0 Å². The Labute approximate surface area is 63.4 Å². The van der Waals surface area contributed by atoms with Gasteiger partial charge in [0.2, 0.25) is 0 Å². The normalized spacial score (nSPS) is 41.6. The van der Waals surface area contributed by atoms with Crippen molar-refractivity contribution < 1.29 is 0 Å². The molecule has 0 aromatic carbocycles.